The highest BCUT2D eigenvalue weighted by Gasteiger charge is 2.11. The van der Waals surface area contributed by atoms with Gasteiger partial charge in [-0.1, -0.05) is 6.58 Å². The summed E-state index contributed by atoms with van der Waals surface area (Å²) in [6, 6.07) is 0. The maximum absolute atomic E-state index is 10.6. The van der Waals surface area contributed by atoms with Gasteiger partial charge in [-0.3, -0.25) is 9.59 Å². The summed E-state index contributed by atoms with van der Waals surface area (Å²) in [5.74, 6) is -0.897. The largest absolute Gasteiger partial charge is 0.324 e. The first-order valence-electron chi connectivity index (χ1n) is 2.79. The van der Waals surface area contributed by atoms with E-state index in [9.17, 15) is 9.59 Å². The number of nitrogens with two attached hydrogens (primary N) is 2. The van der Waals surface area contributed by atoms with Crippen LogP contribution < -0.4 is 11.5 Å². The predicted octanol–water partition coefficient (Wildman–Crippen LogP) is -1.40. The van der Waals surface area contributed by atoms with Crippen molar-refractivity contribution in [2.24, 2.45) is 11.5 Å². The van der Waals surface area contributed by atoms with Gasteiger partial charge in [-0.2, -0.15) is 0 Å². The van der Waals surface area contributed by atoms with Crippen LogP contribution in [0.1, 0.15) is 0 Å². The molecule has 0 fully saturated rings. The Morgan fingerprint density at radius 2 is 1.40 bits per heavy atom. The lowest BCUT2D eigenvalue weighted by Crippen LogP contribution is -2.24. The van der Waals surface area contributed by atoms with Gasteiger partial charge in [-0.15, -0.1) is 0 Å². The van der Waals surface area contributed by atoms with Crippen LogP contribution in [0.4, 0.5) is 0 Å². The van der Waals surface area contributed by atoms with Gasteiger partial charge in [-0.05, 0) is 0 Å². The van der Waals surface area contributed by atoms with E-state index < -0.39 is 11.6 Å². The molecule has 0 aliphatic heterocycles. The molecule has 0 aromatic heterocycles. The maximum Gasteiger partial charge on any atom is 0.179 e. The molecule has 0 aliphatic rings. The molecule has 10 heavy (non-hydrogen) atoms. The zero-order chi connectivity index (χ0) is 8.15. The second-order valence-corrected chi connectivity index (χ2v) is 1.73. The van der Waals surface area contributed by atoms with E-state index in [1.165, 1.54) is 0 Å². The lowest BCUT2D eigenvalue weighted by molar-refractivity contribution is -0.120. The van der Waals surface area contributed by atoms with Crippen LogP contribution in [-0.2, 0) is 9.59 Å². The van der Waals surface area contributed by atoms with E-state index in [4.69, 9.17) is 11.5 Å². The van der Waals surface area contributed by atoms with Crippen LogP contribution in [0.2, 0.25) is 0 Å². The molecule has 0 aliphatic carbocycles. The van der Waals surface area contributed by atoms with Gasteiger partial charge in [0.15, 0.2) is 11.6 Å². The molecule has 0 unspecified atom stereocenters. The van der Waals surface area contributed by atoms with Gasteiger partial charge in [0.25, 0.3) is 0 Å². The van der Waals surface area contributed by atoms with E-state index in [0.717, 1.165) is 0 Å². The van der Waals surface area contributed by atoms with Crippen molar-refractivity contribution >= 4 is 11.6 Å². The molecule has 0 heterocycles. The molecule has 0 atom stereocenters. The van der Waals surface area contributed by atoms with Gasteiger partial charge < -0.3 is 11.5 Å². The molecular weight excluding hydrogens is 132 g/mol. The summed E-state index contributed by atoms with van der Waals surface area (Å²) in [4.78, 5) is 21.2. The smallest absolute Gasteiger partial charge is 0.179 e. The fraction of sp³-hybridized carbons (Fsp3) is 0.333. The lowest BCUT2D eigenvalue weighted by Gasteiger charge is -1.96. The third-order valence-electron chi connectivity index (χ3n) is 1.04. The minimum absolute atomic E-state index is 0.106. The first-order valence-corrected chi connectivity index (χ1v) is 2.79. The Morgan fingerprint density at radius 3 is 1.60 bits per heavy atom. The van der Waals surface area contributed by atoms with Crippen LogP contribution in [0.3, 0.4) is 0 Å². The van der Waals surface area contributed by atoms with E-state index in [1.54, 1.807) is 0 Å². The third kappa shape index (κ3) is 2.08. The summed E-state index contributed by atoms with van der Waals surface area (Å²) in [6.45, 7) is 2.86. The molecule has 0 radical (unpaired) electrons. The summed E-state index contributed by atoms with van der Waals surface area (Å²) in [5.41, 5.74) is 9.82. The fourth-order valence-electron chi connectivity index (χ4n) is 0.402. The fourth-order valence-corrected chi connectivity index (χ4v) is 0.402. The maximum atomic E-state index is 10.6. The Hall–Kier alpha value is -1.00. The minimum Gasteiger partial charge on any atom is -0.324 e. The van der Waals surface area contributed by atoms with Gasteiger partial charge in [-0.25, -0.2) is 0 Å². The average Bonchev–Trinajstić information content (AvgIpc) is 2.00. The van der Waals surface area contributed by atoms with E-state index in [-0.39, 0.29) is 18.7 Å². The highest BCUT2D eigenvalue weighted by Crippen LogP contribution is 1.91. The molecule has 0 bridgehead atoms. The van der Waals surface area contributed by atoms with Crippen molar-refractivity contribution in [3.8, 4) is 0 Å². The number of Topliss-reactive ketones (excluding diaryl/α,β-unsaturated/α-hetero) is 2. The number of carbonyl (C=O) groups excluding carboxylic acids is 2. The summed E-state index contributed by atoms with van der Waals surface area (Å²) in [5, 5.41) is 0. The minimum atomic E-state index is -0.449. The molecule has 0 saturated carbocycles. The van der Waals surface area contributed by atoms with Gasteiger partial charge in [0.05, 0.1) is 18.7 Å². The second kappa shape index (κ2) is 3.92. The Kier molecular flexibility index (Phi) is 3.53. The predicted molar refractivity (Wildman–Crippen MR) is 37.3 cm³/mol. The molecular formula is C6H10N2O2. The zero-order valence-electron chi connectivity index (χ0n) is 5.59. The van der Waals surface area contributed by atoms with Crippen molar-refractivity contribution in [1.29, 1.82) is 0 Å². The van der Waals surface area contributed by atoms with Gasteiger partial charge >= 0.3 is 0 Å². The molecule has 0 rings (SSSR count). The van der Waals surface area contributed by atoms with Crippen molar-refractivity contribution in [3.05, 3.63) is 12.2 Å². The van der Waals surface area contributed by atoms with Crippen LogP contribution in [0.5, 0.6) is 0 Å². The highest BCUT2D eigenvalue weighted by atomic mass is 16.1. The summed E-state index contributed by atoms with van der Waals surface area (Å²) in [7, 11) is 0. The molecule has 4 nitrogen and oxygen atoms in total. The van der Waals surface area contributed by atoms with Gasteiger partial charge in [0.1, 0.15) is 0 Å². The average molecular weight is 142 g/mol. The Bertz CT molecular complexity index is 157. The molecule has 0 aromatic carbocycles. The first kappa shape index (κ1) is 9.00. The van der Waals surface area contributed by atoms with E-state index in [1.807, 2.05) is 0 Å². The molecule has 4 heteroatoms. The van der Waals surface area contributed by atoms with Crippen LogP contribution in [0.15, 0.2) is 12.2 Å². The summed E-state index contributed by atoms with van der Waals surface area (Å²) in [6.07, 6.45) is 0. The summed E-state index contributed by atoms with van der Waals surface area (Å²) >= 11 is 0. The SMILES string of the molecule is C=C(C(=O)CN)C(=O)CN. The van der Waals surface area contributed by atoms with Crippen LogP contribution in [0.25, 0.3) is 0 Å². The quantitative estimate of drug-likeness (QED) is 0.287. The van der Waals surface area contributed by atoms with Crippen LogP contribution in [-0.4, -0.2) is 24.7 Å². The third-order valence-corrected chi connectivity index (χ3v) is 1.04. The monoisotopic (exact) mass is 142 g/mol. The van der Waals surface area contributed by atoms with Crippen molar-refractivity contribution in [2.45, 2.75) is 0 Å². The normalized spacial score (nSPS) is 9.00. The number of hydrogen-bond acceptors (Lipinski definition) is 4. The lowest BCUT2D eigenvalue weighted by atomic mass is 10.1. The Labute approximate surface area is 58.9 Å². The van der Waals surface area contributed by atoms with E-state index in [2.05, 4.69) is 6.58 Å². The molecule has 0 aromatic rings. The number of rotatable bonds is 4. The molecule has 0 spiro atoms. The van der Waals surface area contributed by atoms with Crippen molar-refractivity contribution in [1.82, 2.24) is 0 Å². The highest BCUT2D eigenvalue weighted by molar-refractivity contribution is 6.20. The van der Waals surface area contributed by atoms with Crippen molar-refractivity contribution < 1.29 is 9.59 Å². The van der Waals surface area contributed by atoms with Crippen molar-refractivity contribution in [3.63, 3.8) is 0 Å². The molecule has 0 amide bonds. The Morgan fingerprint density at radius 1 is 1.10 bits per heavy atom. The van der Waals surface area contributed by atoms with Crippen LogP contribution >= 0.6 is 0 Å². The second-order valence-electron chi connectivity index (χ2n) is 1.73. The van der Waals surface area contributed by atoms with Crippen LogP contribution in [0, 0.1) is 0 Å². The zero-order valence-corrected chi connectivity index (χ0v) is 5.59. The van der Waals surface area contributed by atoms with E-state index in [0.29, 0.717) is 0 Å². The number of ketones is 2. The first-order chi connectivity index (χ1) is 4.63. The number of hydrogen-bond donors (Lipinski definition) is 2. The van der Waals surface area contributed by atoms with Gasteiger partial charge in [0.2, 0.25) is 0 Å². The molecule has 0 saturated heterocycles. The summed E-state index contributed by atoms with van der Waals surface area (Å²) < 4.78 is 0. The standard InChI is InChI=1S/C6H10N2O2/c1-4(5(9)2-7)6(10)3-8/h1-3,7-8H2. The Balaban J connectivity index is 4.09. The van der Waals surface area contributed by atoms with Crippen molar-refractivity contribution in [2.75, 3.05) is 13.1 Å². The molecule has 56 valence electrons. The van der Waals surface area contributed by atoms with E-state index >= 15 is 0 Å². The molecule has 4 N–H and O–H groups in total. The number of carbonyl (C=O) groups is 2. The topological polar surface area (TPSA) is 86.2 Å². The van der Waals surface area contributed by atoms with Gasteiger partial charge in [0, 0.05) is 0 Å².